The number of hydrogen-bond acceptors (Lipinski definition) is 4. The standard InChI is InChI=1S/C14H20BrN3O2/c1-14(2,3)20-13(19)18-8-6-17(7-9-18)11-4-5-16-12(15)10-11/h4-5,10H,6-9H2,1-3H3/i4D,5D,10D. The van der Waals surface area contributed by atoms with E-state index < -0.39 is 5.60 Å². The van der Waals surface area contributed by atoms with Crippen LogP contribution in [0.25, 0.3) is 0 Å². The summed E-state index contributed by atoms with van der Waals surface area (Å²) in [5.41, 5.74) is -0.159. The minimum Gasteiger partial charge on any atom is -0.444 e. The van der Waals surface area contributed by atoms with Gasteiger partial charge in [0, 0.05) is 38.0 Å². The molecule has 1 saturated heterocycles. The van der Waals surface area contributed by atoms with E-state index in [1.807, 2.05) is 25.7 Å². The third-order valence-corrected chi connectivity index (χ3v) is 3.17. The highest BCUT2D eigenvalue weighted by Gasteiger charge is 2.25. The fourth-order valence-electron chi connectivity index (χ4n) is 1.88. The van der Waals surface area contributed by atoms with Crippen molar-refractivity contribution in [2.45, 2.75) is 26.4 Å². The molecule has 2 rings (SSSR count). The average molecular weight is 345 g/mol. The molecule has 0 spiro atoms. The van der Waals surface area contributed by atoms with Crippen molar-refractivity contribution in [2.24, 2.45) is 0 Å². The van der Waals surface area contributed by atoms with Crippen molar-refractivity contribution in [1.82, 2.24) is 9.88 Å². The van der Waals surface area contributed by atoms with Gasteiger partial charge in [-0.25, -0.2) is 9.78 Å². The van der Waals surface area contributed by atoms with Gasteiger partial charge in [0.25, 0.3) is 0 Å². The molecule has 5 nitrogen and oxygen atoms in total. The van der Waals surface area contributed by atoms with E-state index >= 15 is 0 Å². The summed E-state index contributed by atoms with van der Waals surface area (Å²) in [6.07, 6.45) is -0.524. The normalized spacial score (nSPS) is 18.3. The van der Waals surface area contributed by atoms with E-state index in [-0.39, 0.29) is 29.0 Å². The van der Waals surface area contributed by atoms with Crippen molar-refractivity contribution in [3.8, 4) is 0 Å². The molecular formula is C14H20BrN3O2. The number of nitrogens with zero attached hydrogens (tertiary/aromatic N) is 3. The zero-order valence-electron chi connectivity index (χ0n) is 14.9. The van der Waals surface area contributed by atoms with Crippen LogP contribution < -0.4 is 4.90 Å². The fourth-order valence-corrected chi connectivity index (χ4v) is 2.16. The van der Waals surface area contributed by atoms with Gasteiger partial charge in [-0.2, -0.15) is 0 Å². The third-order valence-electron chi connectivity index (χ3n) is 2.80. The van der Waals surface area contributed by atoms with Gasteiger partial charge in [-0.3, -0.25) is 0 Å². The Hall–Kier alpha value is -1.30. The molecule has 0 atom stereocenters. The zero-order valence-corrected chi connectivity index (χ0v) is 13.5. The highest BCUT2D eigenvalue weighted by molar-refractivity contribution is 9.10. The van der Waals surface area contributed by atoms with Crippen molar-refractivity contribution >= 4 is 27.7 Å². The molecule has 0 saturated carbocycles. The molecular weight excluding hydrogens is 322 g/mol. The van der Waals surface area contributed by atoms with Gasteiger partial charge in [-0.1, -0.05) is 0 Å². The van der Waals surface area contributed by atoms with Crippen molar-refractivity contribution in [3.63, 3.8) is 0 Å². The first-order valence-corrected chi connectivity index (χ1v) is 7.25. The number of halogens is 1. The minimum absolute atomic E-state index is 0.0658. The van der Waals surface area contributed by atoms with Crippen LogP contribution in [0.5, 0.6) is 0 Å². The summed E-state index contributed by atoms with van der Waals surface area (Å²) in [6.45, 7) is 7.32. The quantitative estimate of drug-likeness (QED) is 0.735. The lowest BCUT2D eigenvalue weighted by Gasteiger charge is -2.36. The molecule has 0 unspecified atom stereocenters. The van der Waals surface area contributed by atoms with Crippen molar-refractivity contribution < 1.29 is 13.6 Å². The Bertz CT molecular complexity index is 588. The highest BCUT2D eigenvalue weighted by atomic mass is 79.9. The SMILES string of the molecule is [2H]c1nc(Br)c([2H])c(N2CCN(C(=O)OC(C)(C)C)CC2)c1[2H]. The number of aromatic nitrogens is 1. The lowest BCUT2D eigenvalue weighted by atomic mass is 10.2. The Morgan fingerprint density at radius 2 is 2.05 bits per heavy atom. The van der Waals surface area contributed by atoms with Gasteiger partial charge < -0.3 is 14.5 Å². The molecule has 0 aliphatic carbocycles. The monoisotopic (exact) mass is 344 g/mol. The first kappa shape index (κ1) is 11.4. The second-order valence-corrected chi connectivity index (χ2v) is 6.32. The maximum absolute atomic E-state index is 12.1. The Morgan fingerprint density at radius 1 is 1.40 bits per heavy atom. The van der Waals surface area contributed by atoms with Crippen LogP contribution in [0.3, 0.4) is 0 Å². The number of anilines is 1. The summed E-state index contributed by atoms with van der Waals surface area (Å²) < 4.78 is 29.3. The van der Waals surface area contributed by atoms with E-state index in [4.69, 9.17) is 8.85 Å². The highest BCUT2D eigenvalue weighted by Crippen LogP contribution is 2.20. The van der Waals surface area contributed by atoms with Gasteiger partial charge in [0.1, 0.15) is 10.2 Å². The van der Waals surface area contributed by atoms with Gasteiger partial charge in [0.2, 0.25) is 0 Å². The molecule has 1 aromatic heterocycles. The van der Waals surface area contributed by atoms with Gasteiger partial charge in [0.05, 0.1) is 4.11 Å². The molecule has 0 N–H and O–H groups in total. The first-order chi connectivity index (χ1) is 10.6. The number of carbonyl (C=O) groups excluding carboxylic acids is 1. The van der Waals surface area contributed by atoms with Gasteiger partial charge in [-0.15, -0.1) is 0 Å². The third kappa shape index (κ3) is 4.10. The lowest BCUT2D eigenvalue weighted by Crippen LogP contribution is -2.50. The molecule has 1 aliphatic rings. The van der Waals surface area contributed by atoms with Crippen LogP contribution in [0.2, 0.25) is 0 Å². The van der Waals surface area contributed by atoms with E-state index in [1.165, 1.54) is 0 Å². The molecule has 0 radical (unpaired) electrons. The number of rotatable bonds is 1. The van der Waals surface area contributed by atoms with Crippen LogP contribution in [0.1, 0.15) is 24.9 Å². The van der Waals surface area contributed by atoms with Crippen LogP contribution in [0.15, 0.2) is 22.9 Å². The molecule has 1 aliphatic heterocycles. The van der Waals surface area contributed by atoms with Crippen LogP contribution in [-0.4, -0.2) is 47.8 Å². The van der Waals surface area contributed by atoms with Crippen molar-refractivity contribution in [2.75, 3.05) is 31.1 Å². The topological polar surface area (TPSA) is 45.7 Å². The van der Waals surface area contributed by atoms with Crippen molar-refractivity contribution in [1.29, 1.82) is 0 Å². The smallest absolute Gasteiger partial charge is 0.410 e. The van der Waals surface area contributed by atoms with Crippen LogP contribution in [0.4, 0.5) is 10.5 Å². The van der Waals surface area contributed by atoms with Crippen LogP contribution in [-0.2, 0) is 4.74 Å². The maximum atomic E-state index is 12.1. The van der Waals surface area contributed by atoms with Crippen LogP contribution in [0, 0.1) is 0 Å². The molecule has 1 amide bonds. The molecule has 0 aromatic carbocycles. The Balaban J connectivity index is 2.10. The molecule has 2 heterocycles. The van der Waals surface area contributed by atoms with Crippen LogP contribution >= 0.6 is 15.9 Å². The van der Waals surface area contributed by atoms with Gasteiger partial charge in [0.15, 0.2) is 0 Å². The largest absolute Gasteiger partial charge is 0.444 e. The van der Waals surface area contributed by atoms with Gasteiger partial charge in [-0.05, 0) is 48.8 Å². The predicted molar refractivity (Wildman–Crippen MR) is 82.0 cm³/mol. The summed E-state index contributed by atoms with van der Waals surface area (Å²) in [7, 11) is 0. The molecule has 6 heteroatoms. The molecule has 110 valence electrons. The number of hydrogen-bond donors (Lipinski definition) is 0. The summed E-state index contributed by atoms with van der Waals surface area (Å²) in [5, 5.41) is 0. The second-order valence-electron chi connectivity index (χ2n) is 5.57. The number of piperazine rings is 1. The minimum atomic E-state index is -0.535. The zero-order chi connectivity index (χ0) is 17.4. The second kappa shape index (κ2) is 5.99. The van der Waals surface area contributed by atoms with E-state index in [9.17, 15) is 4.79 Å². The summed E-state index contributed by atoms with van der Waals surface area (Å²) in [5.74, 6) is 0. The first-order valence-electron chi connectivity index (χ1n) is 7.96. The maximum Gasteiger partial charge on any atom is 0.410 e. The Labute approximate surface area is 132 Å². The Kier molecular flexibility index (Phi) is 3.41. The summed E-state index contributed by atoms with van der Waals surface area (Å²) >= 11 is 3.15. The van der Waals surface area contributed by atoms with E-state index in [2.05, 4.69) is 20.9 Å². The summed E-state index contributed by atoms with van der Waals surface area (Å²) in [6, 6.07) is 0.0284. The number of pyridine rings is 1. The average Bonchev–Trinajstić information content (AvgIpc) is 2.44. The predicted octanol–water partition coefficient (Wildman–Crippen LogP) is 2.90. The molecule has 0 bridgehead atoms. The number of amides is 1. The van der Waals surface area contributed by atoms with Gasteiger partial charge >= 0.3 is 6.09 Å². The molecule has 1 fully saturated rings. The molecule has 20 heavy (non-hydrogen) atoms. The number of carbonyl (C=O) groups is 1. The van der Waals surface area contributed by atoms with E-state index in [0.29, 0.717) is 31.9 Å². The van der Waals surface area contributed by atoms with E-state index in [1.54, 1.807) is 4.90 Å². The molecule has 1 aromatic rings. The lowest BCUT2D eigenvalue weighted by molar-refractivity contribution is 0.0240. The Morgan fingerprint density at radius 3 is 2.65 bits per heavy atom. The summed E-state index contributed by atoms with van der Waals surface area (Å²) in [4.78, 5) is 19.3. The number of ether oxygens (including phenoxy) is 1. The fraction of sp³-hybridized carbons (Fsp3) is 0.571. The van der Waals surface area contributed by atoms with Crippen molar-refractivity contribution in [3.05, 3.63) is 22.9 Å². The van der Waals surface area contributed by atoms with E-state index in [0.717, 1.165) is 0 Å².